The Kier molecular flexibility index (Phi) is 14.1. The summed E-state index contributed by atoms with van der Waals surface area (Å²) in [5, 5.41) is 35.8. The van der Waals surface area contributed by atoms with E-state index in [0.29, 0.717) is 38.2 Å². The summed E-state index contributed by atoms with van der Waals surface area (Å²) in [6, 6.07) is 34.1. The van der Waals surface area contributed by atoms with Crippen LogP contribution >= 0.6 is 15.9 Å². The minimum absolute atomic E-state index is 0.00412. The van der Waals surface area contributed by atoms with E-state index < -0.39 is 84.8 Å². The van der Waals surface area contributed by atoms with Crippen molar-refractivity contribution in [2.45, 2.75) is 63.5 Å². The third-order valence-corrected chi connectivity index (χ3v) is 18.1. The maximum atomic E-state index is 14.5. The van der Waals surface area contributed by atoms with Crippen molar-refractivity contribution in [1.29, 1.82) is 0 Å². The quantitative estimate of drug-likeness (QED) is 0.0357. The number of amides is 2. The third-order valence-electron chi connectivity index (χ3n) is 12.6. The summed E-state index contributed by atoms with van der Waals surface area (Å²) in [5.41, 5.74) is -1.73. The molecule has 4 atom stereocenters. The van der Waals surface area contributed by atoms with Gasteiger partial charge in [-0.15, -0.1) is 0 Å². The summed E-state index contributed by atoms with van der Waals surface area (Å²) in [5.74, 6) is -6.18. The topological polar surface area (TPSA) is 107 Å². The Bertz CT molecular complexity index is 2560. The molecule has 0 saturated carbocycles. The molecule has 7 nitrogen and oxygen atoms in total. The number of aliphatic hydroxyl groups excluding tert-OH is 2. The number of carbonyl (C=O) groups excluding carboxylic acids is 2. The van der Waals surface area contributed by atoms with Crippen LogP contribution in [0.5, 0.6) is 5.75 Å². The van der Waals surface area contributed by atoms with E-state index in [4.69, 9.17) is 4.43 Å². The number of phenols is 1. The summed E-state index contributed by atoms with van der Waals surface area (Å²) in [4.78, 5) is 29.3. The van der Waals surface area contributed by atoms with Crippen molar-refractivity contribution in [2.75, 3.05) is 18.1 Å². The number of nitrogens with zero attached hydrogens (tertiary/aromatic N) is 1. The van der Waals surface area contributed by atoms with Crippen molar-refractivity contribution in [3.05, 3.63) is 165 Å². The standard InChI is InChI=1S/C51H48BrF6NO6Si/c1-49(2,3)66(39-15-9-5-10-16-39,40-17-11-6-12-18-40)65-30-34-25-41-46(48(64)59(47(41)63)38-27-35(50(53,54)55)26-36(28-38)51(56,57)58)42(29-60)45(34)44(62)21-19-32(31-13-7-4-8-14-31)23-33-24-37(52)20-22-43(33)61/h4-18,20,22-24,26-28,41-42,44,46,60-62H,19,21,25,29-30H2,1-3H3/b32-23-/t41-,42+,44-,46-/m1/s1. The first-order valence-electron chi connectivity index (χ1n) is 21.3. The molecule has 1 heterocycles. The Morgan fingerprint density at radius 3 is 1.86 bits per heavy atom. The molecule has 2 amide bonds. The van der Waals surface area contributed by atoms with Crippen molar-refractivity contribution in [2.24, 2.45) is 17.8 Å². The maximum Gasteiger partial charge on any atom is 0.416 e. The number of halogens is 7. The van der Waals surface area contributed by atoms with E-state index in [2.05, 4.69) is 36.7 Å². The highest BCUT2D eigenvalue weighted by Gasteiger charge is 2.57. The summed E-state index contributed by atoms with van der Waals surface area (Å²) in [7, 11) is -3.33. The van der Waals surface area contributed by atoms with Crippen LogP contribution in [-0.4, -0.2) is 54.8 Å². The number of imide groups is 1. The van der Waals surface area contributed by atoms with Crippen LogP contribution in [0.25, 0.3) is 11.6 Å². The molecule has 7 rings (SSSR count). The molecular weight excluding hydrogens is 945 g/mol. The van der Waals surface area contributed by atoms with E-state index in [0.717, 1.165) is 15.9 Å². The van der Waals surface area contributed by atoms with E-state index in [1.807, 2.05) is 91.0 Å². The van der Waals surface area contributed by atoms with Gasteiger partial charge in [0.25, 0.3) is 8.32 Å². The minimum atomic E-state index is -5.25. The number of anilines is 1. The fourth-order valence-corrected chi connectivity index (χ4v) is 14.5. The van der Waals surface area contributed by atoms with Gasteiger partial charge in [-0.05, 0) is 99.4 Å². The zero-order valence-corrected chi connectivity index (χ0v) is 38.8. The average molecular weight is 993 g/mol. The molecule has 1 aliphatic carbocycles. The lowest BCUT2D eigenvalue weighted by molar-refractivity contribution is -0.143. The molecule has 0 radical (unpaired) electrons. The fraction of sp³-hybridized carbons (Fsp3) is 0.294. The molecule has 0 spiro atoms. The van der Waals surface area contributed by atoms with Crippen molar-refractivity contribution >= 4 is 63.8 Å². The predicted molar refractivity (Wildman–Crippen MR) is 247 cm³/mol. The molecule has 5 aromatic carbocycles. The Morgan fingerprint density at radius 1 is 0.803 bits per heavy atom. The number of rotatable bonds is 13. The number of fused-ring (bicyclic) bond motifs is 1. The lowest BCUT2D eigenvalue weighted by Crippen LogP contribution is -2.66. The lowest BCUT2D eigenvalue weighted by atomic mass is 9.68. The number of allylic oxidation sites excluding steroid dienone is 1. The fourth-order valence-electron chi connectivity index (χ4n) is 9.60. The summed E-state index contributed by atoms with van der Waals surface area (Å²) in [6.45, 7) is 5.17. The Morgan fingerprint density at radius 2 is 1.35 bits per heavy atom. The molecule has 1 aliphatic heterocycles. The number of alkyl halides is 6. The second-order valence-electron chi connectivity index (χ2n) is 17.7. The molecule has 66 heavy (non-hydrogen) atoms. The minimum Gasteiger partial charge on any atom is -0.507 e. The van der Waals surface area contributed by atoms with E-state index in [1.54, 1.807) is 18.2 Å². The molecule has 1 saturated heterocycles. The number of hydrogen-bond donors (Lipinski definition) is 3. The van der Waals surface area contributed by atoms with Gasteiger partial charge >= 0.3 is 12.4 Å². The first-order valence-corrected chi connectivity index (χ1v) is 24.0. The van der Waals surface area contributed by atoms with Gasteiger partial charge in [-0.1, -0.05) is 128 Å². The molecule has 0 unspecified atom stereocenters. The summed E-state index contributed by atoms with van der Waals surface area (Å²) < 4.78 is 92.5. The SMILES string of the molecule is CC(C)(C)[Si](OCC1=C([C@H](O)CC/C(=C/c2cc(Br)ccc2O)c2ccccc2)[C@H](CO)[C@@H]2C(=O)N(c3cc(C(F)(F)F)cc(C(F)(F)F)c3)C(=O)[C@@H]2C1)(c1ccccc1)c1ccccc1. The molecule has 346 valence electrons. The van der Waals surface area contributed by atoms with Crippen LogP contribution in [0.3, 0.4) is 0 Å². The highest BCUT2D eigenvalue weighted by atomic mass is 79.9. The van der Waals surface area contributed by atoms with Gasteiger partial charge in [0.05, 0.1) is 48.0 Å². The zero-order chi connectivity index (χ0) is 47.8. The van der Waals surface area contributed by atoms with Crippen LogP contribution in [0.1, 0.15) is 62.3 Å². The molecular formula is C51H48BrF6NO6Si. The van der Waals surface area contributed by atoms with Crippen LogP contribution in [0.2, 0.25) is 5.04 Å². The summed E-state index contributed by atoms with van der Waals surface area (Å²) >= 11 is 3.45. The van der Waals surface area contributed by atoms with Gasteiger partial charge in [-0.2, -0.15) is 26.3 Å². The van der Waals surface area contributed by atoms with Crippen LogP contribution in [0.15, 0.2) is 143 Å². The number of benzene rings is 5. The smallest absolute Gasteiger partial charge is 0.416 e. The van der Waals surface area contributed by atoms with Crippen LogP contribution in [-0.2, 0) is 26.4 Å². The highest BCUT2D eigenvalue weighted by molar-refractivity contribution is 9.10. The van der Waals surface area contributed by atoms with Crippen molar-refractivity contribution in [3.63, 3.8) is 0 Å². The molecule has 2 aliphatic rings. The van der Waals surface area contributed by atoms with Gasteiger partial charge in [-0.3, -0.25) is 9.59 Å². The second kappa shape index (κ2) is 19.1. The highest BCUT2D eigenvalue weighted by Crippen LogP contribution is 2.49. The van der Waals surface area contributed by atoms with Crippen LogP contribution in [0.4, 0.5) is 32.0 Å². The molecule has 1 fully saturated rings. The average Bonchev–Trinajstić information content (AvgIpc) is 3.53. The lowest BCUT2D eigenvalue weighted by Gasteiger charge is -2.44. The Labute approximate surface area is 388 Å². The monoisotopic (exact) mass is 991 g/mol. The number of hydrogen-bond acceptors (Lipinski definition) is 6. The van der Waals surface area contributed by atoms with Gasteiger partial charge in [0.1, 0.15) is 5.75 Å². The molecule has 5 aromatic rings. The van der Waals surface area contributed by atoms with E-state index >= 15 is 0 Å². The predicted octanol–water partition coefficient (Wildman–Crippen LogP) is 10.6. The summed E-state index contributed by atoms with van der Waals surface area (Å²) in [6.07, 6.45) is -10.2. The molecule has 0 aromatic heterocycles. The van der Waals surface area contributed by atoms with Crippen molar-refractivity contribution < 1.29 is 55.7 Å². The van der Waals surface area contributed by atoms with Gasteiger partial charge in [0.2, 0.25) is 11.8 Å². The molecule has 0 bridgehead atoms. The zero-order valence-electron chi connectivity index (χ0n) is 36.2. The maximum absolute atomic E-state index is 14.5. The molecule has 3 N–H and O–H groups in total. The largest absolute Gasteiger partial charge is 0.507 e. The number of phenolic OH excluding ortho intramolecular Hbond substituents is 1. The van der Waals surface area contributed by atoms with E-state index in [1.165, 1.54) is 6.07 Å². The Hall–Kier alpha value is -5.32. The first-order chi connectivity index (χ1) is 31.2. The van der Waals surface area contributed by atoms with Crippen molar-refractivity contribution in [3.8, 4) is 5.75 Å². The second-order valence-corrected chi connectivity index (χ2v) is 22.9. The number of aromatic hydroxyl groups is 1. The normalized spacial score (nSPS) is 19.1. The van der Waals surface area contributed by atoms with E-state index in [9.17, 15) is 51.3 Å². The van der Waals surface area contributed by atoms with Crippen molar-refractivity contribution in [1.82, 2.24) is 0 Å². The van der Waals surface area contributed by atoms with Crippen LogP contribution in [0, 0.1) is 17.8 Å². The van der Waals surface area contributed by atoms with E-state index in [-0.39, 0.29) is 43.3 Å². The van der Waals surface area contributed by atoms with Gasteiger partial charge < -0.3 is 19.7 Å². The van der Waals surface area contributed by atoms with Gasteiger partial charge in [-0.25, -0.2) is 4.90 Å². The number of aliphatic hydroxyl groups is 2. The van der Waals surface area contributed by atoms with Gasteiger partial charge in [0.15, 0.2) is 0 Å². The Balaban J connectivity index is 1.35. The van der Waals surface area contributed by atoms with Gasteiger partial charge in [0, 0.05) is 16.0 Å². The number of carbonyl (C=O) groups is 2. The molecule has 15 heteroatoms. The third kappa shape index (κ3) is 9.72. The first kappa shape index (κ1) is 48.6. The van der Waals surface area contributed by atoms with Crippen LogP contribution < -0.4 is 15.3 Å².